The summed E-state index contributed by atoms with van der Waals surface area (Å²) in [6, 6.07) is 3.69. The van der Waals surface area contributed by atoms with E-state index in [-0.39, 0.29) is 23.1 Å². The predicted molar refractivity (Wildman–Crippen MR) is 93.6 cm³/mol. The van der Waals surface area contributed by atoms with Crippen molar-refractivity contribution in [1.82, 2.24) is 4.90 Å². The van der Waals surface area contributed by atoms with Gasteiger partial charge in [-0.25, -0.2) is 18.2 Å². The molecule has 146 valence electrons. The zero-order valence-electron chi connectivity index (χ0n) is 15.4. The van der Waals surface area contributed by atoms with E-state index in [4.69, 9.17) is 5.73 Å². The average molecular weight is 382 g/mol. The molecule has 2 aliphatic rings. The molecule has 1 aliphatic carbocycles. The first kappa shape index (κ1) is 19.2. The quantitative estimate of drug-likeness (QED) is 0.842. The van der Waals surface area contributed by atoms with Crippen molar-refractivity contribution in [3.05, 3.63) is 29.6 Å². The van der Waals surface area contributed by atoms with Gasteiger partial charge in [0.2, 0.25) is 11.8 Å². The van der Waals surface area contributed by atoms with E-state index in [0.717, 1.165) is 6.07 Å². The molecule has 1 aromatic carbocycles. The van der Waals surface area contributed by atoms with Crippen molar-refractivity contribution in [2.75, 3.05) is 12.4 Å². The van der Waals surface area contributed by atoms with Crippen molar-refractivity contribution in [2.24, 2.45) is 22.1 Å². The van der Waals surface area contributed by atoms with Crippen LogP contribution >= 0.6 is 0 Å². The van der Waals surface area contributed by atoms with Gasteiger partial charge in [0.05, 0.1) is 5.41 Å². The minimum Gasteiger partial charge on any atom is -0.369 e. The molecule has 0 saturated heterocycles. The third-order valence-electron chi connectivity index (χ3n) is 5.64. The number of aliphatic imine (C=N–C) groups is 1. The van der Waals surface area contributed by atoms with Gasteiger partial charge in [-0.05, 0) is 39.0 Å². The van der Waals surface area contributed by atoms with Crippen molar-refractivity contribution < 1.29 is 22.8 Å². The van der Waals surface area contributed by atoms with Gasteiger partial charge in [0.25, 0.3) is 5.92 Å². The number of rotatable bonds is 3. The number of nitrogens with one attached hydrogen (secondary N) is 1. The minimum atomic E-state index is -3.00. The van der Waals surface area contributed by atoms with Gasteiger partial charge in [0.1, 0.15) is 17.3 Å². The molecule has 1 aliphatic heterocycles. The van der Waals surface area contributed by atoms with Crippen LogP contribution in [0.25, 0.3) is 0 Å². The maximum atomic E-state index is 14.7. The Morgan fingerprint density at radius 3 is 2.48 bits per heavy atom. The van der Waals surface area contributed by atoms with Crippen molar-refractivity contribution in [3.63, 3.8) is 0 Å². The molecule has 1 saturated carbocycles. The number of carbonyl (C=O) groups is 2. The fraction of sp³-hybridized carbons (Fsp3) is 0.500. The van der Waals surface area contributed by atoms with E-state index < -0.39 is 40.9 Å². The van der Waals surface area contributed by atoms with Gasteiger partial charge in [-0.15, -0.1) is 0 Å². The van der Waals surface area contributed by atoms with Crippen LogP contribution in [0, 0.1) is 17.2 Å². The largest absolute Gasteiger partial charge is 0.369 e. The van der Waals surface area contributed by atoms with Crippen LogP contribution in [0.1, 0.15) is 32.8 Å². The van der Waals surface area contributed by atoms with Crippen LogP contribution in [0.3, 0.4) is 0 Å². The number of amides is 2. The molecule has 6 nitrogen and oxygen atoms in total. The predicted octanol–water partition coefficient (Wildman–Crippen LogP) is 2.45. The number of nitrogens with zero attached hydrogens (tertiary/aromatic N) is 2. The molecular formula is C18H21F3N4O2. The zero-order chi connectivity index (χ0) is 20.4. The Morgan fingerprint density at radius 2 is 1.93 bits per heavy atom. The second-order valence-corrected chi connectivity index (χ2v) is 7.73. The molecule has 0 unspecified atom stereocenters. The molecule has 0 radical (unpaired) electrons. The first-order chi connectivity index (χ1) is 12.3. The molecule has 3 rings (SSSR count). The standard InChI is InChI=1S/C18H21F3N4O2/c1-16(2)14(27)25(4)15(22)24-17(16,3)10-7-9(5-6-12(10)19)23-13(26)11-8-18(11,20)21/h5-7,11H,8H2,1-4H3,(H2,22,24)(H,23,26)/t11-,17-/m1/s1. The van der Waals surface area contributed by atoms with Crippen LogP contribution in [0.15, 0.2) is 23.2 Å². The summed E-state index contributed by atoms with van der Waals surface area (Å²) in [6.07, 6.45) is -0.501. The lowest BCUT2D eigenvalue weighted by Crippen LogP contribution is -2.58. The maximum Gasteiger partial charge on any atom is 0.260 e. The number of hydrogen-bond donors (Lipinski definition) is 2. The summed E-state index contributed by atoms with van der Waals surface area (Å²) in [4.78, 5) is 30.1. The molecular weight excluding hydrogens is 361 g/mol. The van der Waals surface area contributed by atoms with Gasteiger partial charge in [-0.1, -0.05) is 0 Å². The van der Waals surface area contributed by atoms with E-state index in [1.165, 1.54) is 24.1 Å². The van der Waals surface area contributed by atoms with Gasteiger partial charge in [0, 0.05) is 24.7 Å². The Labute approximate surface area is 154 Å². The molecule has 0 spiro atoms. The Hall–Kier alpha value is -2.58. The van der Waals surface area contributed by atoms with Crippen molar-refractivity contribution in [1.29, 1.82) is 0 Å². The lowest BCUT2D eigenvalue weighted by Gasteiger charge is -2.46. The molecule has 2 atom stereocenters. The minimum absolute atomic E-state index is 0.0391. The number of carbonyl (C=O) groups excluding carboxylic acids is 2. The van der Waals surface area contributed by atoms with Crippen LogP contribution in [0.5, 0.6) is 0 Å². The summed E-state index contributed by atoms with van der Waals surface area (Å²) in [6.45, 7) is 4.82. The van der Waals surface area contributed by atoms with Gasteiger partial charge in [-0.3, -0.25) is 14.5 Å². The van der Waals surface area contributed by atoms with Crippen LogP contribution in [-0.4, -0.2) is 35.6 Å². The zero-order valence-corrected chi connectivity index (χ0v) is 15.4. The number of alkyl halides is 2. The summed E-state index contributed by atoms with van der Waals surface area (Å²) < 4.78 is 40.8. The van der Waals surface area contributed by atoms with E-state index in [0.29, 0.717) is 0 Å². The SMILES string of the molecule is CN1C(=O)C(C)(C)[C@@](C)(c2cc(NC(=O)[C@H]3CC3(F)F)ccc2F)N=C1N. The second kappa shape index (κ2) is 5.71. The van der Waals surface area contributed by atoms with Crippen LogP contribution in [0.2, 0.25) is 0 Å². The molecule has 1 aromatic rings. The highest BCUT2D eigenvalue weighted by Gasteiger charge is 2.61. The first-order valence-electron chi connectivity index (χ1n) is 8.43. The number of nitrogens with two attached hydrogens (primary N) is 1. The molecule has 2 amide bonds. The number of anilines is 1. The number of benzene rings is 1. The summed E-state index contributed by atoms with van der Waals surface area (Å²) in [5.41, 5.74) is 3.52. The van der Waals surface area contributed by atoms with Gasteiger partial charge < -0.3 is 11.1 Å². The molecule has 27 heavy (non-hydrogen) atoms. The topological polar surface area (TPSA) is 87.8 Å². The lowest BCUT2D eigenvalue weighted by molar-refractivity contribution is -0.140. The van der Waals surface area contributed by atoms with E-state index >= 15 is 0 Å². The van der Waals surface area contributed by atoms with Crippen molar-refractivity contribution >= 4 is 23.5 Å². The third kappa shape index (κ3) is 2.85. The number of hydrogen-bond acceptors (Lipinski definition) is 4. The summed E-state index contributed by atoms with van der Waals surface area (Å²) in [5.74, 6) is -6.26. The van der Waals surface area contributed by atoms with Gasteiger partial charge in [0.15, 0.2) is 5.96 Å². The fourth-order valence-electron chi connectivity index (χ4n) is 3.28. The first-order valence-corrected chi connectivity index (χ1v) is 8.43. The number of halogens is 3. The maximum absolute atomic E-state index is 14.7. The molecule has 3 N–H and O–H groups in total. The van der Waals surface area contributed by atoms with Crippen LogP contribution in [0.4, 0.5) is 18.9 Å². The Kier molecular flexibility index (Phi) is 4.06. The summed E-state index contributed by atoms with van der Waals surface area (Å²) in [5, 5.41) is 2.38. The Bertz CT molecular complexity index is 868. The highest BCUT2D eigenvalue weighted by atomic mass is 19.3. The van der Waals surface area contributed by atoms with Crippen molar-refractivity contribution in [2.45, 2.75) is 38.7 Å². The monoisotopic (exact) mass is 382 g/mol. The normalized spacial score (nSPS) is 28.6. The Morgan fingerprint density at radius 1 is 1.33 bits per heavy atom. The van der Waals surface area contributed by atoms with Crippen molar-refractivity contribution in [3.8, 4) is 0 Å². The van der Waals surface area contributed by atoms with E-state index in [2.05, 4.69) is 10.3 Å². The molecule has 1 fully saturated rings. The third-order valence-corrected chi connectivity index (χ3v) is 5.64. The van der Waals surface area contributed by atoms with Crippen LogP contribution in [-0.2, 0) is 15.1 Å². The lowest BCUT2D eigenvalue weighted by atomic mass is 9.67. The van der Waals surface area contributed by atoms with Crippen LogP contribution < -0.4 is 11.1 Å². The van der Waals surface area contributed by atoms with E-state index in [1.807, 2.05) is 0 Å². The fourth-order valence-corrected chi connectivity index (χ4v) is 3.28. The highest BCUT2D eigenvalue weighted by Crippen LogP contribution is 2.50. The van der Waals surface area contributed by atoms with Gasteiger partial charge >= 0.3 is 0 Å². The molecule has 9 heteroatoms. The molecule has 0 bridgehead atoms. The smallest absolute Gasteiger partial charge is 0.260 e. The molecule has 0 aromatic heterocycles. The average Bonchev–Trinajstić information content (AvgIpc) is 3.22. The number of guanidine groups is 1. The van der Waals surface area contributed by atoms with E-state index in [1.54, 1.807) is 20.8 Å². The van der Waals surface area contributed by atoms with E-state index in [9.17, 15) is 22.8 Å². The highest BCUT2D eigenvalue weighted by molar-refractivity contribution is 6.02. The molecule has 1 heterocycles. The Balaban J connectivity index is 2.01. The summed E-state index contributed by atoms with van der Waals surface area (Å²) in [7, 11) is 1.48. The summed E-state index contributed by atoms with van der Waals surface area (Å²) >= 11 is 0. The van der Waals surface area contributed by atoms with Gasteiger partial charge in [-0.2, -0.15) is 0 Å². The second-order valence-electron chi connectivity index (χ2n) is 7.73.